The number of pyridine rings is 1. The molecule has 2 amide bonds. The second-order valence-corrected chi connectivity index (χ2v) is 13.2. The Morgan fingerprint density at radius 3 is 2.36 bits per heavy atom. The van der Waals surface area contributed by atoms with Crippen molar-refractivity contribution in [1.29, 1.82) is 0 Å². The number of aromatic nitrogens is 1. The van der Waals surface area contributed by atoms with E-state index in [1.807, 2.05) is 26.8 Å². The number of benzene rings is 1. The summed E-state index contributed by atoms with van der Waals surface area (Å²) in [6.45, 7) is 5.81. The summed E-state index contributed by atoms with van der Waals surface area (Å²) in [6.07, 6.45) is 9.23. The molecule has 2 heterocycles. The van der Waals surface area contributed by atoms with Crippen molar-refractivity contribution in [2.45, 2.75) is 83.7 Å². The highest BCUT2D eigenvalue weighted by molar-refractivity contribution is 7.08. The van der Waals surface area contributed by atoms with Crippen LogP contribution in [0.15, 0.2) is 53.4 Å². The monoisotopic (exact) mass is 544 g/mol. The molecule has 1 aromatic carbocycles. The third-order valence-electron chi connectivity index (χ3n) is 8.32. The number of thiophene rings is 1. The molecular formula is C32H40N4O2S. The molecule has 2 aliphatic carbocycles. The summed E-state index contributed by atoms with van der Waals surface area (Å²) in [6, 6.07) is 12.8. The number of amides is 2. The van der Waals surface area contributed by atoms with E-state index >= 15 is 0 Å². The highest BCUT2D eigenvalue weighted by atomic mass is 32.1. The summed E-state index contributed by atoms with van der Waals surface area (Å²) < 4.78 is 0. The van der Waals surface area contributed by atoms with Crippen LogP contribution in [0.2, 0.25) is 0 Å². The zero-order chi connectivity index (χ0) is 27.6. The maximum atomic E-state index is 13.0. The Morgan fingerprint density at radius 2 is 1.77 bits per heavy atom. The maximum Gasteiger partial charge on any atom is 0.225 e. The number of anilines is 1. The minimum atomic E-state index is -0.380. The lowest BCUT2D eigenvalue weighted by Gasteiger charge is -2.38. The molecule has 2 saturated carbocycles. The van der Waals surface area contributed by atoms with Crippen LogP contribution in [0.25, 0.3) is 22.4 Å². The molecule has 3 aromatic rings. The Bertz CT molecular complexity index is 1300. The van der Waals surface area contributed by atoms with E-state index in [2.05, 4.69) is 51.7 Å². The van der Waals surface area contributed by atoms with E-state index in [4.69, 9.17) is 10.7 Å². The standard InChI is InChI=1S/C32H40N4O2S/c1-31(2,3)30(38)36-25-11-5-21(6-12-25)17-28(37)35-26-18-27(23-13-16-39-20-23)29(34-19-26)22-7-9-24(10-8-22)32(33)14-4-15-32/h7-10,13,16,18-21,25H,4-6,11-12,14-15,17,33H2,1-3H3,(H,35,37)(H,36,38). The van der Waals surface area contributed by atoms with Crippen molar-refractivity contribution in [2.24, 2.45) is 17.1 Å². The smallest absolute Gasteiger partial charge is 0.225 e. The topological polar surface area (TPSA) is 97.1 Å². The lowest BCUT2D eigenvalue weighted by Crippen LogP contribution is -2.43. The van der Waals surface area contributed by atoms with Gasteiger partial charge in [0.15, 0.2) is 0 Å². The van der Waals surface area contributed by atoms with Crippen molar-refractivity contribution in [2.75, 3.05) is 5.32 Å². The van der Waals surface area contributed by atoms with E-state index in [1.165, 1.54) is 12.0 Å². The minimum Gasteiger partial charge on any atom is -0.353 e. The van der Waals surface area contributed by atoms with Gasteiger partial charge in [-0.1, -0.05) is 45.0 Å². The second kappa shape index (κ2) is 11.2. The van der Waals surface area contributed by atoms with Gasteiger partial charge in [0.1, 0.15) is 0 Å². The fourth-order valence-corrected chi connectivity index (χ4v) is 6.25. The Hall–Kier alpha value is -3.03. The van der Waals surface area contributed by atoms with E-state index < -0.39 is 0 Å². The van der Waals surface area contributed by atoms with Crippen molar-refractivity contribution >= 4 is 28.8 Å². The Morgan fingerprint density at radius 1 is 1.05 bits per heavy atom. The van der Waals surface area contributed by atoms with Gasteiger partial charge < -0.3 is 16.4 Å². The molecule has 206 valence electrons. The van der Waals surface area contributed by atoms with Gasteiger partial charge in [-0.05, 0) is 84.9 Å². The van der Waals surface area contributed by atoms with Gasteiger partial charge in [0.25, 0.3) is 0 Å². The van der Waals surface area contributed by atoms with Gasteiger partial charge in [-0.15, -0.1) is 0 Å². The van der Waals surface area contributed by atoms with Crippen LogP contribution in [0.4, 0.5) is 5.69 Å². The molecule has 2 aliphatic rings. The van der Waals surface area contributed by atoms with Crippen molar-refractivity contribution < 1.29 is 9.59 Å². The Kier molecular flexibility index (Phi) is 7.92. The zero-order valence-electron chi connectivity index (χ0n) is 23.3. The normalized spacial score (nSPS) is 20.6. The Labute approximate surface area is 235 Å². The average Bonchev–Trinajstić information content (AvgIpc) is 3.43. The molecule has 5 rings (SSSR count). The molecule has 0 bridgehead atoms. The third kappa shape index (κ3) is 6.42. The molecule has 0 saturated heterocycles. The van der Waals surface area contributed by atoms with Crippen LogP contribution in [0.3, 0.4) is 0 Å². The molecular weight excluding hydrogens is 504 g/mol. The van der Waals surface area contributed by atoms with E-state index in [1.54, 1.807) is 17.5 Å². The van der Waals surface area contributed by atoms with Gasteiger partial charge >= 0.3 is 0 Å². The molecule has 2 aromatic heterocycles. The summed E-state index contributed by atoms with van der Waals surface area (Å²) in [5.41, 5.74) is 11.9. The fourth-order valence-electron chi connectivity index (χ4n) is 5.59. The fraction of sp³-hybridized carbons (Fsp3) is 0.469. The highest BCUT2D eigenvalue weighted by Crippen LogP contribution is 2.40. The van der Waals surface area contributed by atoms with E-state index in [0.29, 0.717) is 18.0 Å². The number of hydrogen-bond acceptors (Lipinski definition) is 5. The second-order valence-electron chi connectivity index (χ2n) is 12.4. The summed E-state index contributed by atoms with van der Waals surface area (Å²) in [5.74, 6) is 0.441. The first-order valence-electron chi connectivity index (χ1n) is 14.1. The quantitative estimate of drug-likeness (QED) is 0.302. The van der Waals surface area contributed by atoms with Crippen LogP contribution in [-0.4, -0.2) is 22.8 Å². The molecule has 0 radical (unpaired) electrons. The molecule has 0 aliphatic heterocycles. The van der Waals surface area contributed by atoms with Crippen molar-refractivity contribution in [3.05, 3.63) is 58.9 Å². The number of nitrogens with one attached hydrogen (secondary N) is 2. The first-order valence-corrected chi connectivity index (χ1v) is 15.1. The number of hydrogen-bond donors (Lipinski definition) is 3. The van der Waals surface area contributed by atoms with Crippen LogP contribution in [0.1, 0.15) is 77.7 Å². The summed E-state index contributed by atoms with van der Waals surface area (Å²) >= 11 is 1.64. The summed E-state index contributed by atoms with van der Waals surface area (Å²) in [7, 11) is 0. The Balaban J connectivity index is 1.23. The van der Waals surface area contributed by atoms with Crippen LogP contribution >= 0.6 is 11.3 Å². The predicted octanol–water partition coefficient (Wildman–Crippen LogP) is 6.86. The molecule has 0 atom stereocenters. The number of rotatable bonds is 7. The molecule has 7 heteroatoms. The van der Waals surface area contributed by atoms with Gasteiger partial charge in [0.05, 0.1) is 17.6 Å². The van der Waals surface area contributed by atoms with Crippen LogP contribution < -0.4 is 16.4 Å². The lowest BCUT2D eigenvalue weighted by atomic mass is 9.72. The van der Waals surface area contributed by atoms with E-state index in [9.17, 15) is 9.59 Å². The summed E-state index contributed by atoms with van der Waals surface area (Å²) in [4.78, 5) is 30.1. The number of nitrogens with zero attached hydrogens (tertiary/aromatic N) is 1. The molecule has 2 fully saturated rings. The largest absolute Gasteiger partial charge is 0.353 e. The van der Waals surface area contributed by atoms with Crippen molar-refractivity contribution in [1.82, 2.24) is 10.3 Å². The highest BCUT2D eigenvalue weighted by Gasteiger charge is 2.34. The molecule has 39 heavy (non-hydrogen) atoms. The first kappa shape index (κ1) is 27.5. The van der Waals surface area contributed by atoms with Gasteiger partial charge in [-0.2, -0.15) is 11.3 Å². The molecule has 4 N–H and O–H groups in total. The van der Waals surface area contributed by atoms with Gasteiger partial charge in [-0.3, -0.25) is 14.6 Å². The van der Waals surface area contributed by atoms with Gasteiger partial charge in [0.2, 0.25) is 11.8 Å². The molecule has 0 spiro atoms. The van der Waals surface area contributed by atoms with Crippen LogP contribution in [0.5, 0.6) is 0 Å². The van der Waals surface area contributed by atoms with E-state index in [-0.39, 0.29) is 28.8 Å². The predicted molar refractivity (Wildman–Crippen MR) is 159 cm³/mol. The number of carbonyl (C=O) groups is 2. The van der Waals surface area contributed by atoms with Gasteiger partial charge in [0, 0.05) is 34.5 Å². The third-order valence-corrected chi connectivity index (χ3v) is 9.00. The maximum absolute atomic E-state index is 13.0. The summed E-state index contributed by atoms with van der Waals surface area (Å²) in [5, 5.41) is 10.4. The van der Waals surface area contributed by atoms with E-state index in [0.717, 1.165) is 60.9 Å². The van der Waals surface area contributed by atoms with Crippen molar-refractivity contribution in [3.8, 4) is 22.4 Å². The molecule has 0 unspecified atom stereocenters. The van der Waals surface area contributed by atoms with Crippen LogP contribution in [-0.2, 0) is 15.1 Å². The van der Waals surface area contributed by atoms with Gasteiger partial charge in [-0.25, -0.2) is 0 Å². The first-order chi connectivity index (χ1) is 18.6. The SMILES string of the molecule is CC(C)(C)C(=O)NC1CCC(CC(=O)Nc2cnc(-c3ccc(C4(N)CCC4)cc3)c(-c3ccsc3)c2)CC1. The van der Waals surface area contributed by atoms with Crippen molar-refractivity contribution in [3.63, 3.8) is 0 Å². The average molecular weight is 545 g/mol. The lowest BCUT2D eigenvalue weighted by molar-refractivity contribution is -0.129. The molecule has 6 nitrogen and oxygen atoms in total. The number of carbonyl (C=O) groups excluding carboxylic acids is 2. The number of nitrogens with two attached hydrogens (primary N) is 1. The van der Waals surface area contributed by atoms with Crippen LogP contribution in [0, 0.1) is 11.3 Å². The minimum absolute atomic E-state index is 0.0149. The zero-order valence-corrected chi connectivity index (χ0v) is 24.1.